The molecule has 3 rings (SSSR count). The van der Waals surface area contributed by atoms with Crippen molar-refractivity contribution in [2.45, 2.75) is 63.6 Å². The third-order valence-corrected chi connectivity index (χ3v) is 5.65. The summed E-state index contributed by atoms with van der Waals surface area (Å²) in [5.74, 6) is 0. The molecule has 0 radical (unpaired) electrons. The normalized spacial score (nSPS) is 26.1. The van der Waals surface area contributed by atoms with Crippen LogP contribution in [0.5, 0.6) is 0 Å². The Labute approximate surface area is 133 Å². The Morgan fingerprint density at radius 1 is 1.19 bits per heavy atom. The van der Waals surface area contributed by atoms with Gasteiger partial charge in [-0.15, -0.1) is 0 Å². The molecule has 3 heteroatoms. The maximum atomic E-state index is 6.02. The number of rotatable bonds is 3. The highest BCUT2D eigenvalue weighted by atomic mass is 35.5. The van der Waals surface area contributed by atoms with Crippen LogP contribution in [0, 0.1) is 0 Å². The molecule has 1 spiro atoms. The molecule has 1 aromatic rings. The Morgan fingerprint density at radius 2 is 1.90 bits per heavy atom. The van der Waals surface area contributed by atoms with Gasteiger partial charge in [-0.1, -0.05) is 49.9 Å². The van der Waals surface area contributed by atoms with Gasteiger partial charge in [0.25, 0.3) is 0 Å². The van der Waals surface area contributed by atoms with Crippen LogP contribution in [0.1, 0.15) is 51.0 Å². The summed E-state index contributed by atoms with van der Waals surface area (Å²) in [5, 5.41) is 4.62. The summed E-state index contributed by atoms with van der Waals surface area (Å²) >= 11 is 6.02. The molecule has 21 heavy (non-hydrogen) atoms. The fourth-order valence-corrected chi connectivity index (χ4v) is 4.12. The van der Waals surface area contributed by atoms with E-state index >= 15 is 0 Å². The van der Waals surface area contributed by atoms with Crippen molar-refractivity contribution in [3.05, 3.63) is 34.9 Å². The number of benzene rings is 1. The summed E-state index contributed by atoms with van der Waals surface area (Å²) in [7, 11) is 0. The van der Waals surface area contributed by atoms with Gasteiger partial charge in [0.2, 0.25) is 0 Å². The van der Waals surface area contributed by atoms with E-state index in [4.69, 9.17) is 11.6 Å². The lowest BCUT2D eigenvalue weighted by molar-refractivity contribution is 0.00273. The lowest BCUT2D eigenvalue weighted by Crippen LogP contribution is -2.64. The molecule has 116 valence electrons. The zero-order chi connectivity index (χ0) is 14.7. The molecule has 2 aliphatic rings. The zero-order valence-electron chi connectivity index (χ0n) is 13.1. The lowest BCUT2D eigenvalue weighted by atomic mass is 9.78. The number of nitrogens with zero attached hydrogens (tertiary/aromatic N) is 1. The summed E-state index contributed by atoms with van der Waals surface area (Å²) in [6.45, 7) is 5.70. The van der Waals surface area contributed by atoms with Gasteiger partial charge in [-0.2, -0.15) is 0 Å². The third kappa shape index (κ3) is 3.44. The summed E-state index contributed by atoms with van der Waals surface area (Å²) in [4.78, 5) is 2.76. The SMILES string of the molecule is CCC1CN(Cc2ccc(Cl)cc2)C2(CCCCC2)CN1. The van der Waals surface area contributed by atoms with Gasteiger partial charge in [0.05, 0.1) is 0 Å². The number of halogens is 1. The largest absolute Gasteiger partial charge is 0.311 e. The van der Waals surface area contributed by atoms with Crippen LogP contribution in [0.2, 0.25) is 5.02 Å². The van der Waals surface area contributed by atoms with Crippen LogP contribution in [0.3, 0.4) is 0 Å². The highest BCUT2D eigenvalue weighted by Gasteiger charge is 2.41. The molecule has 1 atom stereocenters. The predicted octanol–water partition coefficient (Wildman–Crippen LogP) is 4.23. The molecule has 2 nitrogen and oxygen atoms in total. The molecule has 1 aliphatic heterocycles. The highest BCUT2D eigenvalue weighted by Crippen LogP contribution is 2.36. The van der Waals surface area contributed by atoms with Crippen LogP contribution in [-0.4, -0.2) is 29.6 Å². The van der Waals surface area contributed by atoms with E-state index in [0.29, 0.717) is 11.6 Å². The molecule has 0 amide bonds. The van der Waals surface area contributed by atoms with E-state index in [1.807, 2.05) is 12.1 Å². The van der Waals surface area contributed by atoms with Crippen LogP contribution in [0.15, 0.2) is 24.3 Å². The average molecular weight is 307 g/mol. The summed E-state index contributed by atoms with van der Waals surface area (Å²) in [5.41, 5.74) is 1.78. The van der Waals surface area contributed by atoms with Crippen LogP contribution >= 0.6 is 11.6 Å². The molecule has 1 saturated heterocycles. The molecule has 1 heterocycles. The van der Waals surface area contributed by atoms with Gasteiger partial charge in [-0.25, -0.2) is 0 Å². The Bertz CT molecular complexity index is 451. The van der Waals surface area contributed by atoms with Gasteiger partial charge in [-0.05, 0) is 37.0 Å². The monoisotopic (exact) mass is 306 g/mol. The van der Waals surface area contributed by atoms with Crippen LogP contribution in [0.25, 0.3) is 0 Å². The van der Waals surface area contributed by atoms with E-state index in [-0.39, 0.29) is 0 Å². The van der Waals surface area contributed by atoms with Crippen LogP contribution < -0.4 is 5.32 Å². The van der Waals surface area contributed by atoms with E-state index in [9.17, 15) is 0 Å². The highest BCUT2D eigenvalue weighted by molar-refractivity contribution is 6.30. The quantitative estimate of drug-likeness (QED) is 0.899. The van der Waals surface area contributed by atoms with Crippen molar-refractivity contribution in [3.63, 3.8) is 0 Å². The molecule has 1 saturated carbocycles. The molecule has 1 N–H and O–H groups in total. The van der Waals surface area contributed by atoms with Crippen LogP contribution in [0.4, 0.5) is 0 Å². The van der Waals surface area contributed by atoms with Gasteiger partial charge in [0, 0.05) is 36.2 Å². The van der Waals surface area contributed by atoms with Crippen molar-refractivity contribution in [1.29, 1.82) is 0 Å². The molecule has 0 bridgehead atoms. The second kappa shape index (κ2) is 6.68. The van der Waals surface area contributed by atoms with Gasteiger partial charge in [0.15, 0.2) is 0 Å². The minimum Gasteiger partial charge on any atom is -0.311 e. The number of hydrogen-bond donors (Lipinski definition) is 1. The van der Waals surface area contributed by atoms with Crippen molar-refractivity contribution in [3.8, 4) is 0 Å². The number of nitrogens with one attached hydrogen (secondary N) is 1. The van der Waals surface area contributed by atoms with Gasteiger partial charge < -0.3 is 5.32 Å². The smallest absolute Gasteiger partial charge is 0.0406 e. The summed E-state index contributed by atoms with van der Waals surface area (Å²) < 4.78 is 0. The standard InChI is InChI=1S/C18H27ClN2/c1-2-17-13-21(12-15-6-8-16(19)9-7-15)18(14-20-17)10-4-3-5-11-18/h6-9,17,20H,2-5,10-14H2,1H3. The second-order valence-electron chi connectivity index (χ2n) is 6.78. The lowest BCUT2D eigenvalue weighted by Gasteiger charge is -2.52. The van der Waals surface area contributed by atoms with Crippen molar-refractivity contribution in [2.24, 2.45) is 0 Å². The minimum absolute atomic E-state index is 0.392. The van der Waals surface area contributed by atoms with Crippen molar-refractivity contribution in [2.75, 3.05) is 13.1 Å². The maximum Gasteiger partial charge on any atom is 0.0406 e. The van der Waals surface area contributed by atoms with E-state index in [1.54, 1.807) is 0 Å². The first-order valence-electron chi connectivity index (χ1n) is 8.45. The maximum absolute atomic E-state index is 6.02. The Hall–Kier alpha value is -0.570. The molecular formula is C18H27ClN2. The fraction of sp³-hybridized carbons (Fsp3) is 0.667. The minimum atomic E-state index is 0.392. The third-order valence-electron chi connectivity index (χ3n) is 5.40. The number of hydrogen-bond acceptors (Lipinski definition) is 2. The Kier molecular flexibility index (Phi) is 4.88. The second-order valence-corrected chi connectivity index (χ2v) is 7.21. The first-order valence-corrected chi connectivity index (χ1v) is 8.82. The molecule has 1 aliphatic carbocycles. The zero-order valence-corrected chi connectivity index (χ0v) is 13.8. The first kappa shape index (κ1) is 15.3. The first-order chi connectivity index (χ1) is 10.2. The van der Waals surface area contributed by atoms with E-state index < -0.39 is 0 Å². The predicted molar refractivity (Wildman–Crippen MR) is 89.8 cm³/mol. The van der Waals surface area contributed by atoms with Crippen molar-refractivity contribution < 1.29 is 0 Å². The van der Waals surface area contributed by atoms with Crippen LogP contribution in [-0.2, 0) is 6.54 Å². The average Bonchev–Trinajstić information content (AvgIpc) is 2.53. The van der Waals surface area contributed by atoms with E-state index in [0.717, 1.165) is 11.6 Å². The molecular weight excluding hydrogens is 280 g/mol. The van der Waals surface area contributed by atoms with Gasteiger partial charge in [-0.3, -0.25) is 4.90 Å². The summed E-state index contributed by atoms with van der Waals surface area (Å²) in [6, 6.07) is 9.04. The molecule has 2 fully saturated rings. The molecule has 0 aromatic heterocycles. The summed E-state index contributed by atoms with van der Waals surface area (Å²) in [6.07, 6.45) is 8.10. The van der Waals surface area contributed by atoms with E-state index in [2.05, 4.69) is 29.3 Å². The van der Waals surface area contributed by atoms with Gasteiger partial charge >= 0.3 is 0 Å². The fourth-order valence-electron chi connectivity index (χ4n) is 3.99. The Balaban J connectivity index is 1.77. The number of piperazine rings is 1. The van der Waals surface area contributed by atoms with Gasteiger partial charge in [0.1, 0.15) is 0 Å². The van der Waals surface area contributed by atoms with Crippen molar-refractivity contribution in [1.82, 2.24) is 10.2 Å². The van der Waals surface area contributed by atoms with Crippen molar-refractivity contribution >= 4 is 11.6 Å². The Morgan fingerprint density at radius 3 is 2.57 bits per heavy atom. The molecule has 1 unspecified atom stereocenters. The molecule has 1 aromatic carbocycles. The van der Waals surface area contributed by atoms with E-state index in [1.165, 1.54) is 57.2 Å². The topological polar surface area (TPSA) is 15.3 Å².